The highest BCUT2D eigenvalue weighted by Gasteiger charge is 2.45. The third kappa shape index (κ3) is 5.24. The SMILES string of the molecule is CCCOC(=O)C(NC(=O)OC)C(C)C(F)(F)F. The number of carbonyl (C=O) groups is 2. The van der Waals surface area contributed by atoms with Gasteiger partial charge >= 0.3 is 18.2 Å². The first-order chi connectivity index (χ1) is 8.23. The first-order valence-electron chi connectivity index (χ1n) is 5.31. The van der Waals surface area contributed by atoms with Gasteiger partial charge in [-0.25, -0.2) is 9.59 Å². The Labute approximate surface area is 103 Å². The molecule has 0 saturated heterocycles. The predicted molar refractivity (Wildman–Crippen MR) is 55.8 cm³/mol. The summed E-state index contributed by atoms with van der Waals surface area (Å²) in [5.41, 5.74) is 0. The second-order valence-corrected chi connectivity index (χ2v) is 3.61. The van der Waals surface area contributed by atoms with Crippen molar-refractivity contribution in [2.45, 2.75) is 32.5 Å². The molecule has 1 N–H and O–H groups in total. The number of halogens is 3. The molecule has 18 heavy (non-hydrogen) atoms. The van der Waals surface area contributed by atoms with Gasteiger partial charge in [0.2, 0.25) is 0 Å². The third-order valence-corrected chi connectivity index (χ3v) is 2.18. The molecule has 8 heteroatoms. The summed E-state index contributed by atoms with van der Waals surface area (Å²) in [4.78, 5) is 22.4. The summed E-state index contributed by atoms with van der Waals surface area (Å²) in [6.07, 6.45) is -5.28. The van der Waals surface area contributed by atoms with E-state index in [0.717, 1.165) is 14.0 Å². The minimum absolute atomic E-state index is 0.0111. The number of hydrogen-bond donors (Lipinski definition) is 1. The molecule has 0 bridgehead atoms. The lowest BCUT2D eigenvalue weighted by atomic mass is 10.0. The summed E-state index contributed by atoms with van der Waals surface area (Å²) in [6, 6.07) is -1.82. The molecule has 0 fully saturated rings. The number of amides is 1. The van der Waals surface area contributed by atoms with Crippen LogP contribution in [0.3, 0.4) is 0 Å². The van der Waals surface area contributed by atoms with Crippen LogP contribution in [-0.2, 0) is 14.3 Å². The van der Waals surface area contributed by atoms with Gasteiger partial charge in [0.25, 0.3) is 0 Å². The van der Waals surface area contributed by atoms with E-state index in [9.17, 15) is 22.8 Å². The van der Waals surface area contributed by atoms with Gasteiger partial charge < -0.3 is 14.8 Å². The average Bonchev–Trinajstić information content (AvgIpc) is 2.30. The average molecular weight is 271 g/mol. The van der Waals surface area contributed by atoms with Gasteiger partial charge in [0, 0.05) is 0 Å². The quantitative estimate of drug-likeness (QED) is 0.775. The third-order valence-electron chi connectivity index (χ3n) is 2.18. The number of hydrogen-bond acceptors (Lipinski definition) is 4. The molecule has 0 heterocycles. The summed E-state index contributed by atoms with van der Waals surface area (Å²) < 4.78 is 46.4. The van der Waals surface area contributed by atoms with Gasteiger partial charge in [0.15, 0.2) is 0 Å². The van der Waals surface area contributed by atoms with Gasteiger partial charge in [-0.3, -0.25) is 0 Å². The molecule has 2 atom stereocenters. The van der Waals surface area contributed by atoms with Crippen molar-refractivity contribution >= 4 is 12.1 Å². The van der Waals surface area contributed by atoms with Crippen LogP contribution >= 0.6 is 0 Å². The zero-order valence-corrected chi connectivity index (χ0v) is 10.3. The number of carbonyl (C=O) groups excluding carboxylic acids is 2. The monoisotopic (exact) mass is 271 g/mol. The number of rotatable bonds is 5. The van der Waals surface area contributed by atoms with Crippen molar-refractivity contribution in [1.29, 1.82) is 0 Å². The largest absolute Gasteiger partial charge is 0.464 e. The summed E-state index contributed by atoms with van der Waals surface area (Å²) in [5.74, 6) is -3.20. The number of esters is 1. The second kappa shape index (κ2) is 7.07. The van der Waals surface area contributed by atoms with Gasteiger partial charge in [-0.1, -0.05) is 13.8 Å². The molecule has 0 aromatic rings. The van der Waals surface area contributed by atoms with Crippen LogP contribution in [0.4, 0.5) is 18.0 Å². The van der Waals surface area contributed by atoms with Crippen molar-refractivity contribution < 1.29 is 32.2 Å². The van der Waals surface area contributed by atoms with Crippen molar-refractivity contribution in [3.05, 3.63) is 0 Å². The van der Waals surface area contributed by atoms with Crippen molar-refractivity contribution in [2.24, 2.45) is 5.92 Å². The minimum Gasteiger partial charge on any atom is -0.464 e. The second-order valence-electron chi connectivity index (χ2n) is 3.61. The van der Waals surface area contributed by atoms with Crippen LogP contribution in [0, 0.1) is 5.92 Å². The van der Waals surface area contributed by atoms with Crippen LogP contribution in [0.1, 0.15) is 20.3 Å². The lowest BCUT2D eigenvalue weighted by Crippen LogP contribution is -2.50. The smallest absolute Gasteiger partial charge is 0.407 e. The van der Waals surface area contributed by atoms with Crippen LogP contribution in [-0.4, -0.2) is 38.0 Å². The molecule has 2 unspecified atom stereocenters. The van der Waals surface area contributed by atoms with E-state index in [0.29, 0.717) is 6.42 Å². The Morgan fingerprint density at radius 2 is 1.89 bits per heavy atom. The highest BCUT2D eigenvalue weighted by molar-refractivity contribution is 5.81. The van der Waals surface area contributed by atoms with Crippen molar-refractivity contribution in [2.75, 3.05) is 13.7 Å². The van der Waals surface area contributed by atoms with E-state index in [2.05, 4.69) is 9.47 Å². The Morgan fingerprint density at radius 1 is 1.33 bits per heavy atom. The summed E-state index contributed by atoms with van der Waals surface area (Å²) in [7, 11) is 0.988. The Balaban J connectivity index is 4.81. The standard InChI is InChI=1S/C10H16F3NO4/c1-4-5-18-8(15)7(14-9(16)17-3)6(2)10(11,12)13/h6-7H,4-5H2,1-3H3,(H,14,16). The Bertz CT molecular complexity index is 293. The van der Waals surface area contributed by atoms with E-state index in [1.54, 1.807) is 6.92 Å². The zero-order chi connectivity index (χ0) is 14.3. The van der Waals surface area contributed by atoms with E-state index in [1.165, 1.54) is 0 Å². The molecule has 0 spiro atoms. The molecule has 0 aliphatic heterocycles. The maximum atomic E-state index is 12.5. The number of methoxy groups -OCH3 is 1. The molecule has 0 aliphatic rings. The topological polar surface area (TPSA) is 64.6 Å². The van der Waals surface area contributed by atoms with E-state index >= 15 is 0 Å². The highest BCUT2D eigenvalue weighted by atomic mass is 19.4. The molecule has 0 aliphatic carbocycles. The normalized spacial score (nSPS) is 14.6. The fourth-order valence-electron chi connectivity index (χ4n) is 1.06. The number of alkyl halides is 3. The van der Waals surface area contributed by atoms with Crippen LogP contribution in [0.25, 0.3) is 0 Å². The zero-order valence-electron chi connectivity index (χ0n) is 10.3. The van der Waals surface area contributed by atoms with E-state index < -0.39 is 30.2 Å². The van der Waals surface area contributed by atoms with E-state index in [-0.39, 0.29) is 6.61 Å². The molecule has 106 valence electrons. The summed E-state index contributed by atoms with van der Waals surface area (Å²) >= 11 is 0. The van der Waals surface area contributed by atoms with E-state index in [4.69, 9.17) is 0 Å². The predicted octanol–water partition coefficient (Wildman–Crippen LogP) is 1.86. The van der Waals surface area contributed by atoms with Crippen molar-refractivity contribution in [3.63, 3.8) is 0 Å². The number of ether oxygens (including phenoxy) is 2. The Hall–Kier alpha value is -1.47. The molecule has 1 amide bonds. The van der Waals surface area contributed by atoms with Crippen molar-refractivity contribution in [3.8, 4) is 0 Å². The summed E-state index contributed by atoms with van der Waals surface area (Å²) in [5, 5.41) is 1.83. The van der Waals surface area contributed by atoms with Gasteiger partial charge in [-0.2, -0.15) is 13.2 Å². The molecular weight excluding hydrogens is 255 g/mol. The minimum atomic E-state index is -4.63. The molecule has 0 rings (SSSR count). The molecule has 0 radical (unpaired) electrons. The van der Waals surface area contributed by atoms with Gasteiger partial charge in [-0.15, -0.1) is 0 Å². The van der Waals surface area contributed by atoms with Crippen LogP contribution in [0.5, 0.6) is 0 Å². The summed E-state index contributed by atoms with van der Waals surface area (Å²) in [6.45, 7) is 2.47. The van der Waals surface area contributed by atoms with Gasteiger partial charge in [0.1, 0.15) is 6.04 Å². The molecule has 0 saturated carbocycles. The fourth-order valence-corrected chi connectivity index (χ4v) is 1.06. The maximum absolute atomic E-state index is 12.5. The fraction of sp³-hybridized carbons (Fsp3) is 0.800. The van der Waals surface area contributed by atoms with Gasteiger partial charge in [0.05, 0.1) is 19.6 Å². The Kier molecular flexibility index (Phi) is 6.50. The maximum Gasteiger partial charge on any atom is 0.407 e. The van der Waals surface area contributed by atoms with Crippen molar-refractivity contribution in [1.82, 2.24) is 5.32 Å². The lowest BCUT2D eigenvalue weighted by molar-refractivity contribution is -0.186. The van der Waals surface area contributed by atoms with Crippen LogP contribution < -0.4 is 5.32 Å². The Morgan fingerprint density at radius 3 is 2.28 bits per heavy atom. The first kappa shape index (κ1) is 16.5. The molecule has 0 aromatic carbocycles. The van der Waals surface area contributed by atoms with Crippen LogP contribution in [0.2, 0.25) is 0 Å². The van der Waals surface area contributed by atoms with Crippen LogP contribution in [0.15, 0.2) is 0 Å². The lowest BCUT2D eigenvalue weighted by Gasteiger charge is -2.24. The van der Waals surface area contributed by atoms with E-state index in [1.807, 2.05) is 5.32 Å². The number of alkyl carbamates (subject to hydrolysis) is 1. The number of nitrogens with one attached hydrogen (secondary N) is 1. The highest BCUT2D eigenvalue weighted by Crippen LogP contribution is 2.29. The van der Waals surface area contributed by atoms with Gasteiger partial charge in [-0.05, 0) is 6.42 Å². The molecule has 0 aromatic heterocycles. The molecule has 5 nitrogen and oxygen atoms in total. The first-order valence-corrected chi connectivity index (χ1v) is 5.31. The molecular formula is C10H16F3NO4.